The quantitative estimate of drug-likeness (QED) is 0.126. The Morgan fingerprint density at radius 3 is 1.43 bits per heavy atom. The third-order valence-electron chi connectivity index (χ3n) is 13.7. The van der Waals surface area contributed by atoms with Gasteiger partial charge in [0.25, 0.3) is 0 Å². The van der Waals surface area contributed by atoms with E-state index in [1.165, 1.54) is 53.0 Å². The largest absolute Gasteiger partial charge is 1.00 e. The molecule has 4 aliphatic heterocycles. The number of carbonyl (C=O) groups is 4. The molecule has 4 aromatic heterocycles. The first-order valence-electron chi connectivity index (χ1n) is 25.9. The zero-order valence-electron chi connectivity index (χ0n) is 44.5. The summed E-state index contributed by atoms with van der Waals surface area (Å²) in [6.45, 7) is 16.0. The molecule has 0 saturated carbocycles. The Balaban J connectivity index is 0.000000159. The number of rotatable bonds is 5. The molecule has 0 atom stereocenters. The van der Waals surface area contributed by atoms with Gasteiger partial charge >= 0.3 is 41.5 Å². The van der Waals surface area contributed by atoms with Gasteiger partial charge in [-0.1, -0.05) is 60.7 Å². The number of benzene rings is 4. The first-order valence-corrected chi connectivity index (χ1v) is 25.9. The minimum absolute atomic E-state index is 0. The van der Waals surface area contributed by atoms with Crippen molar-refractivity contribution in [1.82, 2.24) is 20.2 Å². The number of piperidine rings is 2. The van der Waals surface area contributed by atoms with E-state index in [-0.39, 0.29) is 29.6 Å². The molecule has 3 radical (unpaired) electrons. The number of para-hydroxylation sites is 4. The SMILES string of the molecule is CC(=O)OOC(C)=O.O=C1CCN(c2cccc3cccnc23)CC1.[B-]OC(C)=O.[Na+].c1ccc2c(N3CCNCC3)coc2c1.c1cnc2c(N3CCC(N4CCN(c5coc6ccccc56)CC4)CC3)cccc2c1. The fraction of sp³-hybridized carbons (Fsp3) is 0.345. The maximum atomic E-state index is 11.3. The first-order chi connectivity index (χ1) is 37.1. The van der Waals surface area contributed by atoms with E-state index in [0.29, 0.717) is 24.7 Å². The Labute approximate surface area is 472 Å². The summed E-state index contributed by atoms with van der Waals surface area (Å²) in [4.78, 5) is 69.5. The van der Waals surface area contributed by atoms with E-state index in [4.69, 9.17) is 8.83 Å². The maximum absolute atomic E-state index is 11.3. The van der Waals surface area contributed by atoms with Gasteiger partial charge in [-0.15, -0.1) is 0 Å². The fourth-order valence-electron chi connectivity index (χ4n) is 9.92. The van der Waals surface area contributed by atoms with Gasteiger partial charge in [0.1, 0.15) is 29.5 Å². The summed E-state index contributed by atoms with van der Waals surface area (Å²) < 4.78 is 14.9. The molecule has 19 heteroatoms. The van der Waals surface area contributed by atoms with Crippen LogP contribution in [-0.4, -0.2) is 131 Å². The van der Waals surface area contributed by atoms with Crippen LogP contribution in [0.5, 0.6) is 0 Å². The topological polar surface area (TPSA) is 176 Å². The second kappa shape index (κ2) is 29.0. The number of hydrogen-bond acceptors (Lipinski definition) is 17. The van der Waals surface area contributed by atoms with Crippen LogP contribution in [-0.2, 0) is 33.6 Å². The van der Waals surface area contributed by atoms with Gasteiger partial charge in [0.15, 0.2) is 0 Å². The summed E-state index contributed by atoms with van der Waals surface area (Å²) in [7, 11) is 4.32. The number of hydrogen-bond donors (Lipinski definition) is 1. The van der Waals surface area contributed by atoms with E-state index in [2.05, 4.69) is 135 Å². The van der Waals surface area contributed by atoms with Crippen molar-refractivity contribution >= 4 is 98.2 Å². The first kappa shape index (κ1) is 57.7. The van der Waals surface area contributed by atoms with E-state index >= 15 is 0 Å². The molecule has 4 aromatic carbocycles. The van der Waals surface area contributed by atoms with Crippen molar-refractivity contribution in [1.29, 1.82) is 0 Å². The van der Waals surface area contributed by atoms with Crippen LogP contribution in [0.3, 0.4) is 0 Å². The Morgan fingerprint density at radius 2 is 0.961 bits per heavy atom. The molecule has 4 aliphatic rings. The molecule has 0 amide bonds. The van der Waals surface area contributed by atoms with Crippen LogP contribution < -0.4 is 54.5 Å². The Hall–Kier alpha value is -6.96. The van der Waals surface area contributed by atoms with Gasteiger partial charge < -0.3 is 46.5 Å². The smallest absolute Gasteiger partial charge is 0.793 e. The predicted molar refractivity (Wildman–Crippen MR) is 298 cm³/mol. The summed E-state index contributed by atoms with van der Waals surface area (Å²) >= 11 is 0. The minimum atomic E-state index is -0.639. The number of nitrogens with zero attached hydrogens (tertiary/aromatic N) is 7. The number of nitrogens with one attached hydrogen (secondary N) is 1. The monoisotopic (exact) mass is 1050 g/mol. The van der Waals surface area contributed by atoms with Gasteiger partial charge in [0, 0.05) is 152 Å². The molecule has 0 bridgehead atoms. The Kier molecular flexibility index (Phi) is 21.7. The molecule has 1 N–H and O–H groups in total. The van der Waals surface area contributed by atoms with E-state index < -0.39 is 17.9 Å². The predicted octanol–water partition coefficient (Wildman–Crippen LogP) is 5.68. The molecule has 4 fully saturated rings. The Morgan fingerprint density at radius 1 is 0.532 bits per heavy atom. The van der Waals surface area contributed by atoms with Crippen molar-refractivity contribution in [3.63, 3.8) is 0 Å². The molecule has 8 heterocycles. The van der Waals surface area contributed by atoms with Crippen LogP contribution in [0.15, 0.2) is 143 Å². The number of anilines is 4. The van der Waals surface area contributed by atoms with Crippen molar-refractivity contribution in [3.8, 4) is 0 Å². The summed E-state index contributed by atoms with van der Waals surface area (Å²) in [5, 5.41) is 8.19. The van der Waals surface area contributed by atoms with Gasteiger partial charge in [-0.05, 0) is 61.4 Å². The number of carbonyl (C=O) groups excluding carboxylic acids is 4. The van der Waals surface area contributed by atoms with Crippen molar-refractivity contribution in [2.75, 3.05) is 98.1 Å². The molecular formula is C58H65BN8NaO9. The summed E-state index contributed by atoms with van der Waals surface area (Å²) in [5.74, 6) is -1.38. The number of fused-ring (bicyclic) bond motifs is 4. The summed E-state index contributed by atoms with van der Waals surface area (Å²) in [5.41, 5.74) is 9.03. The third kappa shape index (κ3) is 15.8. The number of Topliss-reactive ketones (excluding diaryl/α,β-unsaturated/α-hetero) is 1. The van der Waals surface area contributed by atoms with E-state index in [0.717, 1.165) is 126 Å². The number of furan rings is 2. The van der Waals surface area contributed by atoms with E-state index in [1.54, 1.807) is 0 Å². The summed E-state index contributed by atoms with van der Waals surface area (Å²) in [6.07, 6.45) is 11.3. The van der Waals surface area contributed by atoms with Crippen molar-refractivity contribution in [3.05, 3.63) is 134 Å². The van der Waals surface area contributed by atoms with Crippen LogP contribution in [0.2, 0.25) is 0 Å². The second-order valence-corrected chi connectivity index (χ2v) is 18.7. The summed E-state index contributed by atoms with van der Waals surface area (Å²) in [6, 6.07) is 38.2. The average molecular weight is 1050 g/mol. The maximum Gasteiger partial charge on any atom is 1.00 e. The fourth-order valence-corrected chi connectivity index (χ4v) is 9.92. The third-order valence-corrected chi connectivity index (χ3v) is 13.7. The van der Waals surface area contributed by atoms with E-state index in [1.807, 2.05) is 61.3 Å². The molecule has 0 aliphatic carbocycles. The Bertz CT molecular complexity index is 3150. The van der Waals surface area contributed by atoms with Gasteiger partial charge in [-0.25, -0.2) is 19.4 Å². The molecule has 12 rings (SSSR count). The minimum Gasteiger partial charge on any atom is -0.793 e. The number of aromatic nitrogens is 2. The van der Waals surface area contributed by atoms with Crippen LogP contribution in [0.1, 0.15) is 46.5 Å². The van der Waals surface area contributed by atoms with Crippen LogP contribution >= 0.6 is 0 Å². The second-order valence-electron chi connectivity index (χ2n) is 18.7. The standard InChI is InChI=1S/C26H28N4O.C14H14N2O.C12H14N2O.C4H6O4.C2H3BO2.Na/c1-2-9-25-22(7-1)24(19-31-25)30-17-15-28(16-18-30)21-10-13-29(14-11-21)23-8-3-5-20-6-4-12-27-26(20)23;17-12-6-9-16(10-7-12)13-5-1-3-11-4-2-8-15-14(11)13;1-2-4-12-10(3-1)11(9-15-12)14-7-5-13-6-8-14;1-3(5)7-8-4(2)6;1-2(4)5-3;/h1-9,12,19,21H,10-11,13-18H2;1-5,8H,6-7,9-10H2;1-4,9,13H,5-8H2;1-2H3;1H3;/q;;;;-1;+1. The zero-order valence-corrected chi connectivity index (χ0v) is 46.5. The number of ketones is 1. The molecular weight excluding hydrogens is 986 g/mol. The zero-order chi connectivity index (χ0) is 53.2. The van der Waals surface area contributed by atoms with Gasteiger partial charge in [0.2, 0.25) is 5.97 Å². The van der Waals surface area contributed by atoms with Crippen molar-refractivity contribution in [2.24, 2.45) is 0 Å². The molecule has 4 saturated heterocycles. The van der Waals surface area contributed by atoms with Crippen LogP contribution in [0.4, 0.5) is 22.7 Å². The number of pyridine rings is 2. The van der Waals surface area contributed by atoms with Crippen LogP contribution in [0, 0.1) is 0 Å². The molecule has 77 heavy (non-hydrogen) atoms. The van der Waals surface area contributed by atoms with Crippen molar-refractivity contribution < 1.29 is 72.0 Å². The molecule has 17 nitrogen and oxygen atoms in total. The van der Waals surface area contributed by atoms with Crippen LogP contribution in [0.25, 0.3) is 43.7 Å². The molecule has 8 aromatic rings. The molecule has 0 unspecified atom stereocenters. The number of piperazine rings is 2. The van der Waals surface area contributed by atoms with Gasteiger partial charge in [-0.3, -0.25) is 24.5 Å². The molecule has 395 valence electrons. The molecule has 0 spiro atoms. The van der Waals surface area contributed by atoms with E-state index in [9.17, 15) is 19.2 Å². The van der Waals surface area contributed by atoms with Crippen molar-refractivity contribution in [2.45, 2.75) is 52.5 Å². The van der Waals surface area contributed by atoms with Gasteiger partial charge in [0.05, 0.1) is 33.8 Å². The average Bonchev–Trinajstić information content (AvgIpc) is 4.11. The normalized spacial score (nSPS) is 15.8. The van der Waals surface area contributed by atoms with Gasteiger partial charge in [-0.2, -0.15) is 0 Å².